The van der Waals surface area contributed by atoms with Crippen molar-refractivity contribution in [1.82, 2.24) is 9.97 Å². The first-order chi connectivity index (χ1) is 24.3. The molecule has 0 saturated heterocycles. The maximum atomic E-state index is 6.85. The van der Waals surface area contributed by atoms with Gasteiger partial charge >= 0.3 is 0 Å². The maximum Gasteiger partial charge on any atom is 0.143 e. The summed E-state index contributed by atoms with van der Waals surface area (Å²) >= 11 is 0. The first kappa shape index (κ1) is 28.6. The summed E-state index contributed by atoms with van der Waals surface area (Å²) in [7, 11) is 0. The number of rotatable bonds is 6. The third-order valence-corrected chi connectivity index (χ3v) is 9.23. The summed E-state index contributed by atoms with van der Waals surface area (Å²) in [4.78, 5) is 8.72. The monoisotopic (exact) mass is 626 g/mol. The number of nitrogens with zero attached hydrogens (tertiary/aromatic N) is 2. The lowest BCUT2D eigenvalue weighted by atomic mass is 9.91. The Bertz CT molecular complexity index is 2490. The van der Waals surface area contributed by atoms with E-state index < -0.39 is 0 Å². The molecular formula is C46H30N2O. The van der Waals surface area contributed by atoms with Crippen LogP contribution in [0.1, 0.15) is 0 Å². The fraction of sp³-hybridized carbons (Fsp3) is 0. The van der Waals surface area contributed by atoms with E-state index in [1.165, 1.54) is 0 Å². The summed E-state index contributed by atoms with van der Waals surface area (Å²) in [5.74, 6) is 0. The first-order valence-corrected chi connectivity index (χ1v) is 16.5. The summed E-state index contributed by atoms with van der Waals surface area (Å²) in [6.45, 7) is 0. The van der Waals surface area contributed by atoms with E-state index in [1.54, 1.807) is 0 Å². The highest BCUT2D eigenvalue weighted by molar-refractivity contribution is 6.13. The second-order valence-electron chi connectivity index (χ2n) is 12.3. The Kier molecular flexibility index (Phi) is 7.14. The largest absolute Gasteiger partial charge is 0.455 e. The molecule has 0 aliphatic rings. The van der Waals surface area contributed by atoms with E-state index in [0.29, 0.717) is 0 Å². The standard InChI is InChI=1S/C46H30N2O/c1-2-10-31(11-3-1)41-18-6-20-43-44-21-7-19-42(46(44)49-45(41)43)40-27-38(34-14-4-12-32(24-34)36-16-8-22-47-29-36)26-39(28-40)35-15-5-13-33(25-35)37-17-9-23-48-30-37/h1-30H. The van der Waals surface area contributed by atoms with Gasteiger partial charge < -0.3 is 4.42 Å². The molecule has 3 aromatic heterocycles. The van der Waals surface area contributed by atoms with Crippen LogP contribution in [0.25, 0.3) is 88.7 Å². The quantitative estimate of drug-likeness (QED) is 0.184. The number of pyridine rings is 2. The molecule has 0 N–H and O–H groups in total. The zero-order valence-electron chi connectivity index (χ0n) is 26.6. The summed E-state index contributed by atoms with van der Waals surface area (Å²) < 4.78 is 6.85. The number of hydrogen-bond donors (Lipinski definition) is 0. The molecule has 9 rings (SSSR count). The molecule has 0 spiro atoms. The van der Waals surface area contributed by atoms with Crippen LogP contribution in [-0.4, -0.2) is 9.97 Å². The Balaban J connectivity index is 1.26. The van der Waals surface area contributed by atoms with Gasteiger partial charge in [-0.15, -0.1) is 0 Å². The molecule has 230 valence electrons. The summed E-state index contributed by atoms with van der Waals surface area (Å²) in [5, 5.41) is 2.22. The third kappa shape index (κ3) is 5.38. The van der Waals surface area contributed by atoms with E-state index in [9.17, 15) is 0 Å². The highest BCUT2D eigenvalue weighted by atomic mass is 16.3. The Labute approximate surface area is 284 Å². The van der Waals surface area contributed by atoms with E-state index in [-0.39, 0.29) is 0 Å². The highest BCUT2D eigenvalue weighted by Gasteiger charge is 2.17. The Morgan fingerprint density at radius 2 is 0.714 bits per heavy atom. The Morgan fingerprint density at radius 3 is 1.22 bits per heavy atom. The number of furan rings is 1. The molecule has 0 bridgehead atoms. The van der Waals surface area contributed by atoms with Gasteiger partial charge in [-0.3, -0.25) is 9.97 Å². The molecular weight excluding hydrogens is 597 g/mol. The molecule has 49 heavy (non-hydrogen) atoms. The van der Waals surface area contributed by atoms with Crippen LogP contribution in [0.15, 0.2) is 187 Å². The van der Waals surface area contributed by atoms with Crippen LogP contribution in [0.2, 0.25) is 0 Å². The van der Waals surface area contributed by atoms with Gasteiger partial charge in [-0.25, -0.2) is 0 Å². The van der Waals surface area contributed by atoms with Gasteiger partial charge in [-0.2, -0.15) is 0 Å². The topological polar surface area (TPSA) is 38.9 Å². The predicted octanol–water partition coefficient (Wildman–Crippen LogP) is 12.4. The van der Waals surface area contributed by atoms with Crippen LogP contribution in [-0.2, 0) is 0 Å². The molecule has 0 fully saturated rings. The van der Waals surface area contributed by atoms with Crippen LogP contribution < -0.4 is 0 Å². The smallest absolute Gasteiger partial charge is 0.143 e. The van der Waals surface area contributed by atoms with Gasteiger partial charge in [0, 0.05) is 57.8 Å². The number of para-hydroxylation sites is 2. The zero-order chi connectivity index (χ0) is 32.6. The third-order valence-electron chi connectivity index (χ3n) is 9.23. The van der Waals surface area contributed by atoms with Crippen LogP contribution in [0.5, 0.6) is 0 Å². The lowest BCUT2D eigenvalue weighted by molar-refractivity contribution is 0.671. The molecule has 3 heterocycles. The average molecular weight is 627 g/mol. The van der Waals surface area contributed by atoms with Gasteiger partial charge in [-0.05, 0) is 87.0 Å². The molecule has 0 aliphatic heterocycles. The molecule has 6 aromatic carbocycles. The van der Waals surface area contributed by atoms with Crippen molar-refractivity contribution in [2.75, 3.05) is 0 Å². The molecule has 0 unspecified atom stereocenters. The second-order valence-corrected chi connectivity index (χ2v) is 12.3. The maximum absolute atomic E-state index is 6.85. The number of benzene rings is 6. The average Bonchev–Trinajstić information content (AvgIpc) is 3.58. The van der Waals surface area contributed by atoms with Crippen molar-refractivity contribution in [2.24, 2.45) is 0 Å². The van der Waals surface area contributed by atoms with E-state index >= 15 is 0 Å². The van der Waals surface area contributed by atoms with E-state index in [4.69, 9.17) is 4.42 Å². The molecule has 3 heteroatoms. The number of aromatic nitrogens is 2. The summed E-state index contributed by atoms with van der Waals surface area (Å²) in [6.07, 6.45) is 7.45. The highest BCUT2D eigenvalue weighted by Crippen LogP contribution is 2.42. The van der Waals surface area contributed by atoms with Crippen molar-refractivity contribution in [2.45, 2.75) is 0 Å². The molecule has 9 aromatic rings. The van der Waals surface area contributed by atoms with Gasteiger partial charge in [0.1, 0.15) is 11.2 Å². The van der Waals surface area contributed by atoms with E-state index in [2.05, 4.69) is 149 Å². The number of fused-ring (bicyclic) bond motifs is 3. The van der Waals surface area contributed by atoms with E-state index in [0.717, 1.165) is 88.7 Å². The fourth-order valence-corrected chi connectivity index (χ4v) is 6.83. The zero-order valence-corrected chi connectivity index (χ0v) is 26.6. The minimum absolute atomic E-state index is 0.886. The molecule has 0 radical (unpaired) electrons. The van der Waals surface area contributed by atoms with Crippen molar-refractivity contribution in [3.8, 4) is 66.8 Å². The van der Waals surface area contributed by atoms with Gasteiger partial charge in [0.25, 0.3) is 0 Å². The predicted molar refractivity (Wildman–Crippen MR) is 202 cm³/mol. The second kappa shape index (κ2) is 12.2. The van der Waals surface area contributed by atoms with Crippen molar-refractivity contribution in [3.63, 3.8) is 0 Å². The van der Waals surface area contributed by atoms with Crippen LogP contribution in [0.4, 0.5) is 0 Å². The summed E-state index contributed by atoms with van der Waals surface area (Å²) in [5.41, 5.74) is 15.1. The van der Waals surface area contributed by atoms with E-state index in [1.807, 2.05) is 43.0 Å². The van der Waals surface area contributed by atoms with Crippen LogP contribution >= 0.6 is 0 Å². The lowest BCUT2D eigenvalue weighted by Gasteiger charge is -2.13. The van der Waals surface area contributed by atoms with Gasteiger partial charge in [0.2, 0.25) is 0 Å². The lowest BCUT2D eigenvalue weighted by Crippen LogP contribution is -1.88. The number of hydrogen-bond acceptors (Lipinski definition) is 3. The molecule has 0 aliphatic carbocycles. The minimum atomic E-state index is 0.886. The van der Waals surface area contributed by atoms with Crippen LogP contribution in [0.3, 0.4) is 0 Å². The molecule has 3 nitrogen and oxygen atoms in total. The molecule has 0 amide bonds. The van der Waals surface area contributed by atoms with Crippen molar-refractivity contribution in [3.05, 3.63) is 183 Å². The minimum Gasteiger partial charge on any atom is -0.455 e. The van der Waals surface area contributed by atoms with Crippen molar-refractivity contribution in [1.29, 1.82) is 0 Å². The molecule has 0 atom stereocenters. The van der Waals surface area contributed by atoms with Gasteiger partial charge in [0.05, 0.1) is 0 Å². The van der Waals surface area contributed by atoms with Crippen LogP contribution in [0, 0.1) is 0 Å². The van der Waals surface area contributed by atoms with Gasteiger partial charge in [-0.1, -0.05) is 115 Å². The van der Waals surface area contributed by atoms with Crippen molar-refractivity contribution >= 4 is 21.9 Å². The Hall–Kier alpha value is -6.58. The van der Waals surface area contributed by atoms with Crippen molar-refractivity contribution < 1.29 is 4.42 Å². The normalized spacial score (nSPS) is 11.3. The SMILES string of the molecule is c1ccc(-c2cccc3c2oc2c(-c4cc(-c5cccc(-c6cccnc6)c5)cc(-c5cccc(-c6cccnc6)c5)c4)cccc23)cc1. The molecule has 0 saturated carbocycles. The Morgan fingerprint density at radius 1 is 0.306 bits per heavy atom. The van der Waals surface area contributed by atoms with Gasteiger partial charge in [0.15, 0.2) is 0 Å². The summed E-state index contributed by atoms with van der Waals surface area (Å²) in [6, 6.07) is 55.8. The first-order valence-electron chi connectivity index (χ1n) is 16.5. The fourth-order valence-electron chi connectivity index (χ4n) is 6.83.